The summed E-state index contributed by atoms with van der Waals surface area (Å²) < 4.78 is 28.9. The molecule has 4 aromatic rings. The number of aryl methyl sites for hydroxylation is 2. The van der Waals surface area contributed by atoms with Crippen LogP contribution in [0.3, 0.4) is 0 Å². The van der Waals surface area contributed by atoms with E-state index in [1.807, 2.05) is 25.3 Å². The smallest absolute Gasteiger partial charge is 0.243 e. The van der Waals surface area contributed by atoms with Crippen molar-refractivity contribution in [1.82, 2.24) is 9.29 Å². The number of aromatic nitrogens is 1. The molecule has 0 N–H and O–H groups in total. The molecule has 0 amide bonds. The van der Waals surface area contributed by atoms with E-state index in [1.165, 1.54) is 38.2 Å². The van der Waals surface area contributed by atoms with Crippen molar-refractivity contribution in [3.05, 3.63) is 88.1 Å². The van der Waals surface area contributed by atoms with E-state index in [1.54, 1.807) is 16.4 Å². The Morgan fingerprint density at radius 2 is 1.47 bits per heavy atom. The molecule has 1 aliphatic heterocycles. The molecule has 186 valence electrons. The third-order valence-corrected chi connectivity index (χ3v) is 11.5. The summed E-state index contributed by atoms with van der Waals surface area (Å²) in [6.07, 6.45) is 1.90. The number of nitrogens with zero attached hydrogens (tertiary/aromatic N) is 2. The number of rotatable bonds is 4. The molecule has 1 aliphatic rings. The third-order valence-electron chi connectivity index (χ3n) is 7.58. The molecule has 0 spiro atoms. The van der Waals surface area contributed by atoms with E-state index < -0.39 is 18.1 Å². The summed E-state index contributed by atoms with van der Waals surface area (Å²) >= 11 is 0. The fourth-order valence-corrected chi connectivity index (χ4v) is 9.54. The summed E-state index contributed by atoms with van der Waals surface area (Å²) in [4.78, 5) is 5.31. The monoisotopic (exact) mass is 514 g/mol. The topological polar surface area (TPSA) is 50.3 Å². The van der Waals surface area contributed by atoms with Gasteiger partial charge in [0.05, 0.1) is 18.7 Å². The Morgan fingerprint density at radius 1 is 0.833 bits per heavy atom. The summed E-state index contributed by atoms with van der Waals surface area (Å²) in [7, 11) is -5.43. The second kappa shape index (κ2) is 8.65. The number of sulfonamides is 1. The van der Waals surface area contributed by atoms with E-state index in [0.717, 1.165) is 22.4 Å². The Morgan fingerprint density at radius 3 is 2.11 bits per heavy atom. The van der Waals surface area contributed by atoms with Gasteiger partial charge in [-0.05, 0) is 84.3 Å². The predicted molar refractivity (Wildman–Crippen MR) is 152 cm³/mol. The molecule has 3 aromatic carbocycles. The highest BCUT2D eigenvalue weighted by atomic mass is 32.2. The van der Waals surface area contributed by atoms with Gasteiger partial charge in [-0.3, -0.25) is 4.98 Å². The molecule has 0 fully saturated rings. The van der Waals surface area contributed by atoms with E-state index in [9.17, 15) is 8.42 Å². The van der Waals surface area contributed by atoms with Gasteiger partial charge in [0.25, 0.3) is 0 Å². The van der Waals surface area contributed by atoms with Crippen LogP contribution >= 0.6 is 0 Å². The van der Waals surface area contributed by atoms with Crippen LogP contribution < -0.4 is 5.19 Å². The van der Waals surface area contributed by atoms with Crippen molar-refractivity contribution in [1.29, 1.82) is 0 Å². The number of hydrogen-bond acceptors (Lipinski definition) is 3. The highest BCUT2D eigenvalue weighted by Crippen LogP contribution is 2.39. The summed E-state index contributed by atoms with van der Waals surface area (Å²) in [6.45, 7) is 16.4. The molecule has 0 saturated heterocycles. The Labute approximate surface area is 216 Å². The zero-order chi connectivity index (χ0) is 26.0. The van der Waals surface area contributed by atoms with E-state index >= 15 is 0 Å². The van der Waals surface area contributed by atoms with Crippen LogP contribution in [0.1, 0.15) is 33.4 Å². The van der Waals surface area contributed by atoms with Crippen molar-refractivity contribution < 1.29 is 8.42 Å². The standard InChI is InChI=1S/C30H34N2O2SSi/c1-19-11-13-24(14-12-19)35(33,34)32-17-25-21(3)28(30(36(5,6)7)22(4)26(25)18-32)29-27-20(2)9-8-10-23(27)15-16-31-29/h8-16H,17-18H2,1-7H3. The van der Waals surface area contributed by atoms with Gasteiger partial charge in [0.15, 0.2) is 0 Å². The van der Waals surface area contributed by atoms with Gasteiger partial charge < -0.3 is 0 Å². The first-order valence-corrected chi connectivity index (χ1v) is 17.4. The minimum Gasteiger partial charge on any atom is -0.256 e. The van der Waals surface area contributed by atoms with Crippen LogP contribution in [0.5, 0.6) is 0 Å². The van der Waals surface area contributed by atoms with E-state index in [0.29, 0.717) is 18.0 Å². The molecule has 1 aromatic heterocycles. The first-order chi connectivity index (χ1) is 16.9. The van der Waals surface area contributed by atoms with Crippen molar-refractivity contribution in [2.75, 3.05) is 0 Å². The Bertz CT molecular complexity index is 1610. The van der Waals surface area contributed by atoms with Crippen LogP contribution in [0, 0.1) is 27.7 Å². The van der Waals surface area contributed by atoms with Gasteiger partial charge >= 0.3 is 0 Å². The Hall–Kier alpha value is -2.80. The lowest BCUT2D eigenvalue weighted by molar-refractivity contribution is 0.431. The Balaban J connectivity index is 1.75. The van der Waals surface area contributed by atoms with Gasteiger partial charge in [0.2, 0.25) is 10.0 Å². The summed E-state index contributed by atoms with van der Waals surface area (Å²) in [6, 6.07) is 15.6. The lowest BCUT2D eigenvalue weighted by Crippen LogP contribution is -2.42. The lowest BCUT2D eigenvalue weighted by Gasteiger charge is -2.28. The van der Waals surface area contributed by atoms with Crippen LogP contribution in [0.15, 0.2) is 59.6 Å². The molecule has 0 radical (unpaired) electrons. The van der Waals surface area contributed by atoms with Crippen molar-refractivity contribution in [3.8, 4) is 11.3 Å². The SMILES string of the molecule is Cc1ccc(S(=O)(=O)N2Cc3c(C)c(-c4nccc5cccc(C)c45)c([Si](C)(C)C)c(C)c3C2)cc1. The van der Waals surface area contributed by atoms with Crippen LogP contribution in [0.4, 0.5) is 0 Å². The molecule has 0 bridgehead atoms. The Kier molecular flexibility index (Phi) is 5.97. The fraction of sp³-hybridized carbons (Fsp3) is 0.300. The van der Waals surface area contributed by atoms with Gasteiger partial charge in [0, 0.05) is 30.2 Å². The van der Waals surface area contributed by atoms with Crippen LogP contribution in [0.2, 0.25) is 19.6 Å². The number of pyridine rings is 1. The zero-order valence-electron chi connectivity index (χ0n) is 22.2. The quantitative estimate of drug-likeness (QED) is 0.297. The molecule has 0 atom stereocenters. The molecular weight excluding hydrogens is 480 g/mol. The molecule has 0 aliphatic carbocycles. The van der Waals surface area contributed by atoms with Crippen molar-refractivity contribution in [2.24, 2.45) is 0 Å². The van der Waals surface area contributed by atoms with Crippen LogP contribution in [-0.2, 0) is 23.1 Å². The van der Waals surface area contributed by atoms with Gasteiger partial charge in [-0.15, -0.1) is 0 Å². The second-order valence-electron chi connectivity index (χ2n) is 11.1. The maximum atomic E-state index is 13.6. The van der Waals surface area contributed by atoms with Gasteiger partial charge in [-0.25, -0.2) is 8.42 Å². The van der Waals surface area contributed by atoms with Crippen LogP contribution in [0.25, 0.3) is 22.0 Å². The minimum absolute atomic E-state index is 0.355. The van der Waals surface area contributed by atoms with E-state index in [2.05, 4.69) is 64.7 Å². The first-order valence-electron chi connectivity index (χ1n) is 12.5. The highest BCUT2D eigenvalue weighted by molar-refractivity contribution is 7.89. The largest absolute Gasteiger partial charge is 0.256 e. The number of fused-ring (bicyclic) bond motifs is 2. The summed E-state index contributed by atoms with van der Waals surface area (Å²) in [5.74, 6) is 0. The van der Waals surface area contributed by atoms with Crippen LogP contribution in [-0.4, -0.2) is 25.8 Å². The van der Waals surface area contributed by atoms with Gasteiger partial charge in [-0.2, -0.15) is 4.31 Å². The molecule has 36 heavy (non-hydrogen) atoms. The second-order valence-corrected chi connectivity index (χ2v) is 18.1. The van der Waals surface area contributed by atoms with Crippen molar-refractivity contribution in [3.63, 3.8) is 0 Å². The molecule has 0 saturated carbocycles. The molecule has 0 unspecified atom stereocenters. The molecular formula is C30H34N2O2SSi. The van der Waals surface area contributed by atoms with Crippen molar-refractivity contribution in [2.45, 2.75) is 65.3 Å². The predicted octanol–water partition coefficient (Wildman–Crippen LogP) is 6.39. The maximum absolute atomic E-state index is 13.6. The van der Waals surface area contributed by atoms with E-state index in [-0.39, 0.29) is 0 Å². The fourth-order valence-electron chi connectivity index (χ4n) is 5.83. The number of hydrogen-bond donors (Lipinski definition) is 0. The highest BCUT2D eigenvalue weighted by Gasteiger charge is 2.37. The zero-order valence-corrected chi connectivity index (χ0v) is 24.0. The van der Waals surface area contributed by atoms with Gasteiger partial charge in [-0.1, -0.05) is 55.5 Å². The molecule has 4 nitrogen and oxygen atoms in total. The number of benzene rings is 3. The molecule has 2 heterocycles. The average molecular weight is 515 g/mol. The first kappa shape index (κ1) is 24.9. The molecule has 6 heteroatoms. The normalized spacial score (nSPS) is 14.4. The third kappa shape index (κ3) is 3.92. The molecule has 5 rings (SSSR count). The average Bonchev–Trinajstić information content (AvgIpc) is 3.28. The van der Waals surface area contributed by atoms with Gasteiger partial charge in [0.1, 0.15) is 0 Å². The van der Waals surface area contributed by atoms with Crippen molar-refractivity contribution >= 4 is 34.1 Å². The summed E-state index contributed by atoms with van der Waals surface area (Å²) in [5.41, 5.74) is 9.18. The van der Waals surface area contributed by atoms with E-state index in [4.69, 9.17) is 4.98 Å². The minimum atomic E-state index is -3.59. The lowest BCUT2D eigenvalue weighted by atomic mass is 9.90. The maximum Gasteiger partial charge on any atom is 0.243 e. The summed E-state index contributed by atoms with van der Waals surface area (Å²) in [5, 5.41) is 3.75.